The molecule has 1 fully saturated rings. The monoisotopic (exact) mass is 413 g/mol. The van der Waals surface area contributed by atoms with Crippen molar-refractivity contribution in [2.75, 3.05) is 31.1 Å². The van der Waals surface area contributed by atoms with Gasteiger partial charge in [0.05, 0.1) is 10.2 Å². The molecular weight excluding hydrogens is 390 g/mol. The number of hydrogen-bond donors (Lipinski definition) is 1. The molecule has 1 N–H and O–H groups in total. The van der Waals surface area contributed by atoms with E-state index in [0.29, 0.717) is 13.1 Å². The quantitative estimate of drug-likeness (QED) is 0.684. The summed E-state index contributed by atoms with van der Waals surface area (Å²) in [6.45, 7) is 5.15. The number of fused-ring (bicyclic) bond motifs is 1. The Morgan fingerprint density at radius 3 is 2.69 bits per heavy atom. The van der Waals surface area contributed by atoms with Gasteiger partial charge in [-0.15, -0.1) is 0 Å². The Balaban J connectivity index is 1.34. The number of hydrogen-bond acceptors (Lipinski definition) is 6. The van der Waals surface area contributed by atoms with Gasteiger partial charge in [0.2, 0.25) is 5.91 Å². The van der Waals surface area contributed by atoms with Crippen molar-refractivity contribution in [3.05, 3.63) is 56.9 Å². The number of H-pyrrole nitrogens is 1. The van der Waals surface area contributed by atoms with Crippen molar-refractivity contribution in [2.45, 2.75) is 26.3 Å². The molecule has 152 valence electrons. The fourth-order valence-electron chi connectivity index (χ4n) is 3.45. The third-order valence-corrected chi connectivity index (χ3v) is 6.30. The van der Waals surface area contributed by atoms with Crippen LogP contribution in [0.2, 0.25) is 0 Å². The van der Waals surface area contributed by atoms with Crippen molar-refractivity contribution in [3.63, 3.8) is 0 Å². The molecule has 1 amide bonds. The topological polar surface area (TPSA) is 91.3 Å². The molecule has 0 saturated carbocycles. The van der Waals surface area contributed by atoms with E-state index in [2.05, 4.69) is 35.0 Å². The van der Waals surface area contributed by atoms with Gasteiger partial charge in [0.15, 0.2) is 5.13 Å². The first-order chi connectivity index (χ1) is 14.0. The number of anilines is 1. The lowest BCUT2D eigenvalue weighted by molar-refractivity contribution is -0.131. The number of aryl methyl sites for hydroxylation is 2. The lowest BCUT2D eigenvalue weighted by Crippen LogP contribution is -2.49. The number of thiazole rings is 1. The smallest absolute Gasteiger partial charge is 0.328 e. The van der Waals surface area contributed by atoms with Crippen molar-refractivity contribution in [1.29, 1.82) is 0 Å². The molecule has 0 radical (unpaired) electrons. The Kier molecular flexibility index (Phi) is 5.48. The summed E-state index contributed by atoms with van der Waals surface area (Å²) in [7, 11) is 0. The number of nitrogens with one attached hydrogen (secondary N) is 1. The van der Waals surface area contributed by atoms with Gasteiger partial charge in [0.1, 0.15) is 0 Å². The molecule has 0 bridgehead atoms. The number of carbonyl (C=O) groups is 1. The van der Waals surface area contributed by atoms with Gasteiger partial charge in [-0.3, -0.25) is 14.6 Å². The number of nitrogens with zero attached hydrogens (tertiary/aromatic N) is 4. The van der Waals surface area contributed by atoms with E-state index in [1.54, 1.807) is 11.3 Å². The van der Waals surface area contributed by atoms with Gasteiger partial charge in [-0.1, -0.05) is 24.3 Å². The molecule has 0 spiro atoms. The number of rotatable bonds is 5. The lowest BCUT2D eigenvalue weighted by atomic mass is 10.2. The maximum Gasteiger partial charge on any atom is 0.328 e. The number of aromatic amines is 1. The standard InChI is InChI=1S/C20H23N5O3S/c1-2-14-3-4-15-16(13-14)29-20(21-15)25-11-9-23(10-12-25)18(27)6-8-24-7-5-17(26)22-19(24)28/h3-5,7,13H,2,6,8-12H2,1H3,(H,22,26,28). The second-order valence-corrected chi connectivity index (χ2v) is 8.08. The van der Waals surface area contributed by atoms with E-state index < -0.39 is 11.2 Å². The average molecular weight is 414 g/mol. The maximum atomic E-state index is 12.5. The highest BCUT2D eigenvalue weighted by Crippen LogP contribution is 2.30. The first kappa shape index (κ1) is 19.4. The van der Waals surface area contributed by atoms with E-state index >= 15 is 0 Å². The summed E-state index contributed by atoms with van der Waals surface area (Å²) in [5.41, 5.74) is 1.41. The van der Waals surface area contributed by atoms with Crippen molar-refractivity contribution in [1.82, 2.24) is 19.4 Å². The maximum absolute atomic E-state index is 12.5. The van der Waals surface area contributed by atoms with Crippen molar-refractivity contribution in [3.8, 4) is 0 Å². The minimum absolute atomic E-state index is 0.0136. The Hall–Kier alpha value is -2.94. The fourth-order valence-corrected chi connectivity index (χ4v) is 4.53. The zero-order chi connectivity index (χ0) is 20.4. The zero-order valence-corrected chi connectivity index (χ0v) is 17.1. The Morgan fingerprint density at radius 2 is 1.97 bits per heavy atom. The van der Waals surface area contributed by atoms with Crippen LogP contribution in [0.15, 0.2) is 40.1 Å². The van der Waals surface area contributed by atoms with Gasteiger partial charge < -0.3 is 14.4 Å². The molecule has 2 aromatic heterocycles. The SMILES string of the molecule is CCc1ccc2nc(N3CCN(C(=O)CCn4ccc(=O)[nH]c4=O)CC3)sc2c1. The second-order valence-electron chi connectivity index (χ2n) is 7.07. The highest BCUT2D eigenvalue weighted by Gasteiger charge is 2.23. The molecule has 0 atom stereocenters. The summed E-state index contributed by atoms with van der Waals surface area (Å²) in [6.07, 6.45) is 2.66. The van der Waals surface area contributed by atoms with Gasteiger partial charge in [-0.05, 0) is 24.1 Å². The number of aromatic nitrogens is 3. The molecule has 9 heteroatoms. The van der Waals surface area contributed by atoms with Crippen LogP contribution in [0.1, 0.15) is 18.9 Å². The van der Waals surface area contributed by atoms with Crippen LogP contribution in [-0.4, -0.2) is 51.5 Å². The van der Waals surface area contributed by atoms with Crippen LogP contribution < -0.4 is 16.1 Å². The fraction of sp³-hybridized carbons (Fsp3) is 0.400. The number of carbonyl (C=O) groups excluding carboxylic acids is 1. The minimum Gasteiger partial charge on any atom is -0.345 e. The third-order valence-electron chi connectivity index (χ3n) is 5.22. The predicted octanol–water partition coefficient (Wildman–Crippen LogP) is 1.45. The van der Waals surface area contributed by atoms with E-state index in [9.17, 15) is 14.4 Å². The summed E-state index contributed by atoms with van der Waals surface area (Å²) in [4.78, 5) is 46.3. The van der Waals surface area contributed by atoms with Gasteiger partial charge in [-0.2, -0.15) is 0 Å². The molecule has 3 heterocycles. The molecular formula is C20H23N5O3S. The summed E-state index contributed by atoms with van der Waals surface area (Å²) >= 11 is 1.70. The van der Waals surface area contributed by atoms with E-state index in [0.717, 1.165) is 30.2 Å². The number of amides is 1. The number of benzene rings is 1. The first-order valence-corrected chi connectivity index (χ1v) is 10.6. The Bertz CT molecular complexity index is 1140. The molecule has 0 aliphatic carbocycles. The molecule has 3 aromatic rings. The highest BCUT2D eigenvalue weighted by molar-refractivity contribution is 7.22. The van der Waals surface area contributed by atoms with Crippen LogP contribution in [-0.2, 0) is 17.8 Å². The van der Waals surface area contributed by atoms with Crippen molar-refractivity contribution >= 4 is 32.6 Å². The van der Waals surface area contributed by atoms with Crippen LogP contribution in [0.3, 0.4) is 0 Å². The van der Waals surface area contributed by atoms with Gasteiger partial charge in [-0.25, -0.2) is 9.78 Å². The largest absolute Gasteiger partial charge is 0.345 e. The third kappa shape index (κ3) is 4.24. The molecule has 1 aliphatic heterocycles. The van der Waals surface area contributed by atoms with Gasteiger partial charge in [0.25, 0.3) is 5.56 Å². The van der Waals surface area contributed by atoms with Crippen LogP contribution in [0, 0.1) is 0 Å². The van der Waals surface area contributed by atoms with E-state index in [1.807, 2.05) is 4.90 Å². The van der Waals surface area contributed by atoms with E-state index in [4.69, 9.17) is 4.98 Å². The summed E-state index contributed by atoms with van der Waals surface area (Å²) < 4.78 is 2.55. The zero-order valence-electron chi connectivity index (χ0n) is 16.3. The van der Waals surface area contributed by atoms with Crippen LogP contribution >= 0.6 is 11.3 Å². The average Bonchev–Trinajstić information content (AvgIpc) is 3.16. The molecule has 8 nitrogen and oxygen atoms in total. The number of piperazine rings is 1. The van der Waals surface area contributed by atoms with Gasteiger partial charge in [0, 0.05) is 51.4 Å². The van der Waals surface area contributed by atoms with Crippen LogP contribution in [0.4, 0.5) is 5.13 Å². The first-order valence-electron chi connectivity index (χ1n) is 9.75. The lowest BCUT2D eigenvalue weighted by Gasteiger charge is -2.34. The van der Waals surface area contributed by atoms with Crippen molar-refractivity contribution < 1.29 is 4.79 Å². The van der Waals surface area contributed by atoms with E-state index in [-0.39, 0.29) is 18.9 Å². The normalized spacial score (nSPS) is 14.5. The molecule has 0 unspecified atom stereocenters. The summed E-state index contributed by atoms with van der Waals surface area (Å²) in [5, 5.41) is 1.00. The molecule has 29 heavy (non-hydrogen) atoms. The van der Waals surface area contributed by atoms with Crippen LogP contribution in [0.5, 0.6) is 0 Å². The Labute approximate surface area is 171 Å². The van der Waals surface area contributed by atoms with Crippen LogP contribution in [0.25, 0.3) is 10.2 Å². The van der Waals surface area contributed by atoms with Crippen molar-refractivity contribution in [2.24, 2.45) is 0 Å². The minimum atomic E-state index is -0.489. The molecule has 1 aromatic carbocycles. The highest BCUT2D eigenvalue weighted by atomic mass is 32.1. The second kappa shape index (κ2) is 8.20. The Morgan fingerprint density at radius 1 is 1.17 bits per heavy atom. The summed E-state index contributed by atoms with van der Waals surface area (Å²) in [5.74, 6) is 0.0136. The van der Waals surface area contributed by atoms with E-state index in [1.165, 1.54) is 27.1 Å². The molecule has 1 saturated heterocycles. The predicted molar refractivity (Wildman–Crippen MR) is 114 cm³/mol. The van der Waals surface area contributed by atoms with Gasteiger partial charge >= 0.3 is 5.69 Å². The molecule has 1 aliphatic rings. The molecule has 4 rings (SSSR count). The summed E-state index contributed by atoms with van der Waals surface area (Å²) in [6, 6.07) is 7.68.